The van der Waals surface area contributed by atoms with Crippen LogP contribution in [0.1, 0.15) is 31.9 Å². The Hall–Kier alpha value is -0.770. The Morgan fingerprint density at radius 3 is 2.39 bits per heavy atom. The summed E-state index contributed by atoms with van der Waals surface area (Å²) < 4.78 is 0. The highest BCUT2D eigenvalue weighted by Gasteiger charge is 2.23. The number of carboxylic acid groups (broad SMARTS) is 1. The molecule has 0 spiro atoms. The van der Waals surface area contributed by atoms with Gasteiger partial charge in [0.05, 0.1) is 6.42 Å². The molecule has 0 aliphatic rings. The maximum atomic E-state index is 11.0. The van der Waals surface area contributed by atoms with Crippen molar-refractivity contribution in [2.24, 2.45) is 0 Å². The summed E-state index contributed by atoms with van der Waals surface area (Å²) >= 11 is 12.0. The fourth-order valence-electron chi connectivity index (χ4n) is 2.04. The summed E-state index contributed by atoms with van der Waals surface area (Å²) in [6.45, 7) is 5.55. The van der Waals surface area contributed by atoms with Gasteiger partial charge in [-0.05, 0) is 30.8 Å². The zero-order valence-corrected chi connectivity index (χ0v) is 12.0. The van der Waals surface area contributed by atoms with E-state index in [4.69, 9.17) is 28.3 Å². The summed E-state index contributed by atoms with van der Waals surface area (Å²) in [7, 11) is 0. The minimum absolute atomic E-state index is 0.0308. The van der Waals surface area contributed by atoms with Crippen LogP contribution in [0.3, 0.4) is 0 Å². The summed E-state index contributed by atoms with van der Waals surface area (Å²) in [5, 5.41) is 10.1. The van der Waals surface area contributed by atoms with E-state index in [0.29, 0.717) is 10.0 Å². The molecule has 1 aromatic carbocycles. The Bertz CT molecular complexity index is 419. The van der Waals surface area contributed by atoms with Crippen molar-refractivity contribution >= 4 is 29.2 Å². The maximum absolute atomic E-state index is 11.0. The van der Waals surface area contributed by atoms with Gasteiger partial charge in [-0.1, -0.05) is 43.1 Å². The second kappa shape index (κ2) is 6.98. The molecule has 1 aromatic rings. The molecule has 1 N–H and O–H groups in total. The molecule has 0 aliphatic heterocycles. The van der Waals surface area contributed by atoms with E-state index in [1.54, 1.807) is 18.2 Å². The Balaban J connectivity index is 3.11. The van der Waals surface area contributed by atoms with Crippen molar-refractivity contribution in [1.82, 2.24) is 4.90 Å². The molecule has 0 bridgehead atoms. The second-order valence-corrected chi connectivity index (χ2v) is 4.84. The van der Waals surface area contributed by atoms with Crippen LogP contribution >= 0.6 is 23.2 Å². The first kappa shape index (κ1) is 15.3. The summed E-state index contributed by atoms with van der Waals surface area (Å²) in [5.41, 5.74) is 0.812. The predicted octanol–water partition coefficient (Wildman–Crippen LogP) is 3.85. The average molecular weight is 290 g/mol. The lowest BCUT2D eigenvalue weighted by Crippen LogP contribution is -2.30. The van der Waals surface area contributed by atoms with Crippen molar-refractivity contribution < 1.29 is 9.90 Å². The van der Waals surface area contributed by atoms with Gasteiger partial charge in [0.2, 0.25) is 0 Å². The Kier molecular flexibility index (Phi) is 5.93. The first-order chi connectivity index (χ1) is 8.49. The summed E-state index contributed by atoms with van der Waals surface area (Å²) in [6.07, 6.45) is 0.0308. The number of halogens is 2. The first-order valence-corrected chi connectivity index (χ1v) is 6.66. The fourth-order valence-corrected chi connectivity index (χ4v) is 2.57. The molecule has 0 amide bonds. The maximum Gasteiger partial charge on any atom is 0.305 e. The molecule has 1 rings (SSSR count). The Morgan fingerprint density at radius 2 is 1.94 bits per heavy atom. The van der Waals surface area contributed by atoms with Gasteiger partial charge in [-0.3, -0.25) is 9.69 Å². The molecular weight excluding hydrogens is 273 g/mol. The first-order valence-electron chi connectivity index (χ1n) is 5.90. The number of rotatable bonds is 6. The lowest BCUT2D eigenvalue weighted by atomic mass is 10.0. The summed E-state index contributed by atoms with van der Waals surface area (Å²) in [4.78, 5) is 13.1. The fraction of sp³-hybridized carbons (Fsp3) is 0.462. The average Bonchev–Trinajstić information content (AvgIpc) is 2.29. The van der Waals surface area contributed by atoms with Gasteiger partial charge in [0.1, 0.15) is 0 Å². The third kappa shape index (κ3) is 3.87. The zero-order chi connectivity index (χ0) is 13.7. The van der Waals surface area contributed by atoms with Crippen molar-refractivity contribution in [3.05, 3.63) is 33.8 Å². The van der Waals surface area contributed by atoms with Crippen LogP contribution in [0, 0.1) is 0 Å². The molecule has 0 aromatic heterocycles. The third-order valence-electron chi connectivity index (χ3n) is 2.94. The molecule has 1 unspecified atom stereocenters. The molecule has 0 heterocycles. The predicted molar refractivity (Wildman–Crippen MR) is 74.4 cm³/mol. The van der Waals surface area contributed by atoms with Gasteiger partial charge in [-0.25, -0.2) is 0 Å². The number of nitrogens with zero attached hydrogens (tertiary/aromatic N) is 1. The van der Waals surface area contributed by atoms with Crippen molar-refractivity contribution in [2.75, 3.05) is 13.1 Å². The zero-order valence-electron chi connectivity index (χ0n) is 10.5. The van der Waals surface area contributed by atoms with E-state index in [1.807, 2.05) is 13.8 Å². The quantitative estimate of drug-likeness (QED) is 0.865. The molecule has 0 saturated heterocycles. The van der Waals surface area contributed by atoms with Crippen LogP contribution in [0.15, 0.2) is 18.2 Å². The van der Waals surface area contributed by atoms with E-state index >= 15 is 0 Å². The van der Waals surface area contributed by atoms with Crippen LogP contribution in [0.25, 0.3) is 0 Å². The highest BCUT2D eigenvalue weighted by Crippen LogP contribution is 2.32. The molecule has 0 aliphatic carbocycles. The van der Waals surface area contributed by atoms with Gasteiger partial charge in [0.25, 0.3) is 0 Å². The van der Waals surface area contributed by atoms with Crippen molar-refractivity contribution in [3.8, 4) is 0 Å². The largest absolute Gasteiger partial charge is 0.481 e. The number of benzene rings is 1. The van der Waals surface area contributed by atoms with Crippen LogP contribution in [0.2, 0.25) is 10.0 Å². The lowest BCUT2D eigenvalue weighted by Gasteiger charge is -2.29. The van der Waals surface area contributed by atoms with Gasteiger partial charge < -0.3 is 5.11 Å². The van der Waals surface area contributed by atoms with Gasteiger partial charge >= 0.3 is 5.97 Å². The van der Waals surface area contributed by atoms with E-state index < -0.39 is 5.97 Å². The highest BCUT2D eigenvalue weighted by atomic mass is 35.5. The van der Waals surface area contributed by atoms with Crippen molar-refractivity contribution in [1.29, 1.82) is 0 Å². The number of aliphatic carboxylic acids is 1. The summed E-state index contributed by atoms with van der Waals surface area (Å²) in [5.74, 6) is -0.835. The van der Waals surface area contributed by atoms with Gasteiger partial charge in [0.15, 0.2) is 0 Å². The SMILES string of the molecule is CCN(CC)C(CC(=O)O)c1ccc(Cl)cc1Cl. The number of hydrogen-bond donors (Lipinski definition) is 1. The molecule has 1 atom stereocenters. The normalized spacial score (nSPS) is 12.7. The molecule has 5 heteroatoms. The Labute approximate surface area is 117 Å². The van der Waals surface area contributed by atoms with Crippen molar-refractivity contribution in [2.45, 2.75) is 26.3 Å². The number of carboxylic acids is 1. The van der Waals surface area contributed by atoms with Gasteiger partial charge in [0, 0.05) is 16.1 Å². The van der Waals surface area contributed by atoms with Crippen LogP contribution in [-0.2, 0) is 4.79 Å². The monoisotopic (exact) mass is 289 g/mol. The van der Waals surface area contributed by atoms with E-state index in [2.05, 4.69) is 4.90 Å². The third-order valence-corrected chi connectivity index (χ3v) is 3.51. The number of hydrogen-bond acceptors (Lipinski definition) is 2. The van der Waals surface area contributed by atoms with Gasteiger partial charge in [-0.15, -0.1) is 0 Å². The van der Waals surface area contributed by atoms with E-state index in [1.165, 1.54) is 0 Å². The molecular formula is C13H17Cl2NO2. The molecule has 100 valence electrons. The Morgan fingerprint density at radius 1 is 1.33 bits per heavy atom. The van der Waals surface area contributed by atoms with Crippen molar-refractivity contribution in [3.63, 3.8) is 0 Å². The smallest absolute Gasteiger partial charge is 0.305 e. The van der Waals surface area contributed by atoms with Crippen LogP contribution in [0.4, 0.5) is 0 Å². The standard InChI is InChI=1S/C13H17Cl2NO2/c1-3-16(4-2)12(8-13(17)18)10-6-5-9(14)7-11(10)15/h5-7,12H,3-4,8H2,1-2H3,(H,17,18). The van der Waals surface area contributed by atoms with E-state index in [9.17, 15) is 4.79 Å². The number of carbonyl (C=O) groups is 1. The molecule has 0 fully saturated rings. The minimum atomic E-state index is -0.835. The summed E-state index contributed by atoms with van der Waals surface area (Å²) in [6, 6.07) is 4.97. The van der Waals surface area contributed by atoms with E-state index in [0.717, 1.165) is 18.7 Å². The second-order valence-electron chi connectivity index (χ2n) is 4.00. The highest BCUT2D eigenvalue weighted by molar-refractivity contribution is 6.35. The van der Waals surface area contributed by atoms with Crippen LogP contribution < -0.4 is 0 Å². The van der Waals surface area contributed by atoms with Gasteiger partial charge in [-0.2, -0.15) is 0 Å². The minimum Gasteiger partial charge on any atom is -0.481 e. The van der Waals surface area contributed by atoms with E-state index in [-0.39, 0.29) is 12.5 Å². The lowest BCUT2D eigenvalue weighted by molar-refractivity contribution is -0.138. The molecule has 18 heavy (non-hydrogen) atoms. The van der Waals surface area contributed by atoms with Crippen LogP contribution in [0.5, 0.6) is 0 Å². The topological polar surface area (TPSA) is 40.5 Å². The molecule has 0 radical (unpaired) electrons. The molecule has 0 saturated carbocycles. The van der Waals surface area contributed by atoms with Crippen LogP contribution in [-0.4, -0.2) is 29.1 Å². The molecule has 3 nitrogen and oxygen atoms in total.